The van der Waals surface area contributed by atoms with Gasteiger partial charge in [0.2, 0.25) is 0 Å². The van der Waals surface area contributed by atoms with Crippen LogP contribution >= 0.6 is 0 Å². The largest absolute Gasteiger partial charge is 0.490 e. The van der Waals surface area contributed by atoms with Gasteiger partial charge in [0.15, 0.2) is 18.1 Å². The molecule has 1 saturated carbocycles. The quantitative estimate of drug-likeness (QED) is 0.492. The van der Waals surface area contributed by atoms with Crippen LogP contribution in [0.4, 0.5) is 0 Å². The Labute approximate surface area is 189 Å². The molecule has 32 heavy (non-hydrogen) atoms. The van der Waals surface area contributed by atoms with Crippen LogP contribution in [0.3, 0.4) is 0 Å². The third-order valence-electron chi connectivity index (χ3n) is 5.60. The molecule has 0 atom stereocenters. The number of morpholine rings is 1. The molecule has 1 aromatic carbocycles. The zero-order valence-electron chi connectivity index (χ0n) is 18.6. The first-order chi connectivity index (χ1) is 15.6. The molecule has 0 bridgehead atoms. The van der Waals surface area contributed by atoms with Gasteiger partial charge in [-0.25, -0.2) is 0 Å². The molecule has 172 valence electrons. The molecule has 0 spiro atoms. The van der Waals surface area contributed by atoms with E-state index in [1.807, 2.05) is 13.0 Å². The van der Waals surface area contributed by atoms with Gasteiger partial charge in [-0.15, -0.1) is 0 Å². The van der Waals surface area contributed by atoms with Crippen molar-refractivity contribution in [2.24, 2.45) is 0 Å². The highest BCUT2D eigenvalue weighted by molar-refractivity contribution is 6.01. The Balaban J connectivity index is 1.67. The van der Waals surface area contributed by atoms with Crippen LogP contribution in [-0.2, 0) is 14.3 Å². The van der Waals surface area contributed by atoms with Crippen molar-refractivity contribution in [3.8, 4) is 17.6 Å². The SMILES string of the molecule is CCOc1cc(/C=C(/C#N)C(=O)NC2CCCCC2)ccc1OCC(=O)N1CCOCC1. The molecule has 2 fully saturated rings. The molecule has 2 amide bonds. The molecule has 0 aromatic heterocycles. The number of nitriles is 1. The Morgan fingerprint density at radius 1 is 1.19 bits per heavy atom. The minimum absolute atomic E-state index is 0.0502. The van der Waals surface area contributed by atoms with Crippen molar-refractivity contribution in [3.05, 3.63) is 29.3 Å². The monoisotopic (exact) mass is 441 g/mol. The average Bonchev–Trinajstić information content (AvgIpc) is 2.83. The number of carbonyl (C=O) groups is 2. The Kier molecular flexibility index (Phi) is 8.93. The van der Waals surface area contributed by atoms with Crippen LogP contribution in [0.2, 0.25) is 0 Å². The summed E-state index contributed by atoms with van der Waals surface area (Å²) in [6, 6.07) is 7.27. The summed E-state index contributed by atoms with van der Waals surface area (Å²) in [6.07, 6.45) is 6.85. The predicted octanol–water partition coefficient (Wildman–Crippen LogP) is 2.68. The number of nitrogens with zero attached hydrogens (tertiary/aromatic N) is 2. The maximum atomic E-state index is 12.5. The third-order valence-corrected chi connectivity index (χ3v) is 5.60. The molecule has 8 nitrogen and oxygen atoms in total. The van der Waals surface area contributed by atoms with Crippen LogP contribution in [0.1, 0.15) is 44.6 Å². The summed E-state index contributed by atoms with van der Waals surface area (Å²) < 4.78 is 16.7. The molecule has 1 aromatic rings. The lowest BCUT2D eigenvalue weighted by Crippen LogP contribution is -2.43. The zero-order chi connectivity index (χ0) is 22.8. The summed E-state index contributed by atoms with van der Waals surface area (Å²) in [5.41, 5.74) is 0.699. The van der Waals surface area contributed by atoms with Gasteiger partial charge in [-0.2, -0.15) is 5.26 Å². The van der Waals surface area contributed by atoms with Crippen LogP contribution < -0.4 is 14.8 Å². The summed E-state index contributed by atoms with van der Waals surface area (Å²) in [7, 11) is 0. The highest BCUT2D eigenvalue weighted by atomic mass is 16.5. The maximum absolute atomic E-state index is 12.5. The average molecular weight is 442 g/mol. The second kappa shape index (κ2) is 12.1. The number of nitrogens with one attached hydrogen (secondary N) is 1. The van der Waals surface area contributed by atoms with E-state index in [-0.39, 0.29) is 30.0 Å². The van der Waals surface area contributed by atoms with E-state index in [0.29, 0.717) is 50.0 Å². The number of carbonyl (C=O) groups excluding carboxylic acids is 2. The molecular formula is C24H31N3O5. The van der Waals surface area contributed by atoms with E-state index < -0.39 is 0 Å². The number of hydrogen-bond donors (Lipinski definition) is 1. The Morgan fingerprint density at radius 2 is 1.94 bits per heavy atom. The summed E-state index contributed by atoms with van der Waals surface area (Å²) in [4.78, 5) is 26.6. The Hall–Kier alpha value is -3.05. The number of hydrogen-bond acceptors (Lipinski definition) is 6. The maximum Gasteiger partial charge on any atom is 0.262 e. The third kappa shape index (κ3) is 6.72. The first-order valence-electron chi connectivity index (χ1n) is 11.3. The molecular weight excluding hydrogens is 410 g/mol. The standard InChI is InChI=1S/C24H31N3O5/c1-2-31-22-15-18(14-19(16-25)24(29)26-20-6-4-3-5-7-20)8-9-21(22)32-17-23(28)27-10-12-30-13-11-27/h8-9,14-15,20H,2-7,10-13,17H2,1H3,(H,26,29)/b19-14-. The van der Waals surface area contributed by atoms with Crippen LogP contribution in [0.15, 0.2) is 23.8 Å². The number of rotatable bonds is 8. The fourth-order valence-electron chi connectivity index (χ4n) is 3.87. The predicted molar refractivity (Wildman–Crippen MR) is 119 cm³/mol. The molecule has 0 radical (unpaired) electrons. The minimum Gasteiger partial charge on any atom is -0.490 e. The van der Waals surface area contributed by atoms with E-state index in [9.17, 15) is 14.9 Å². The van der Waals surface area contributed by atoms with Crippen LogP contribution in [0.5, 0.6) is 11.5 Å². The fourth-order valence-corrected chi connectivity index (χ4v) is 3.87. The van der Waals surface area contributed by atoms with E-state index in [1.54, 1.807) is 29.2 Å². The van der Waals surface area contributed by atoms with E-state index in [0.717, 1.165) is 25.7 Å². The van der Waals surface area contributed by atoms with E-state index in [1.165, 1.54) is 6.42 Å². The fraction of sp³-hybridized carbons (Fsp3) is 0.542. The number of ether oxygens (including phenoxy) is 3. The second-order valence-corrected chi connectivity index (χ2v) is 7.90. The van der Waals surface area contributed by atoms with Gasteiger partial charge in [0.25, 0.3) is 11.8 Å². The Bertz CT molecular complexity index is 865. The highest BCUT2D eigenvalue weighted by Crippen LogP contribution is 2.29. The first kappa shape index (κ1) is 23.6. The van der Waals surface area contributed by atoms with Crippen molar-refractivity contribution in [3.63, 3.8) is 0 Å². The van der Waals surface area contributed by atoms with Crippen LogP contribution in [0.25, 0.3) is 6.08 Å². The molecule has 2 aliphatic rings. The van der Waals surface area contributed by atoms with Gasteiger partial charge in [0, 0.05) is 19.1 Å². The van der Waals surface area contributed by atoms with E-state index in [4.69, 9.17) is 14.2 Å². The Morgan fingerprint density at radius 3 is 2.62 bits per heavy atom. The second-order valence-electron chi connectivity index (χ2n) is 7.90. The van der Waals surface area contributed by atoms with Crippen molar-refractivity contribution in [1.82, 2.24) is 10.2 Å². The highest BCUT2D eigenvalue weighted by Gasteiger charge is 2.20. The van der Waals surface area contributed by atoms with Gasteiger partial charge in [-0.3, -0.25) is 9.59 Å². The zero-order valence-corrected chi connectivity index (χ0v) is 18.6. The number of amides is 2. The molecule has 0 unspecified atom stereocenters. The molecule has 1 heterocycles. The molecule has 1 aliphatic carbocycles. The van der Waals surface area contributed by atoms with Gasteiger partial charge in [0.1, 0.15) is 11.6 Å². The van der Waals surface area contributed by atoms with Gasteiger partial charge in [0.05, 0.1) is 19.8 Å². The van der Waals surface area contributed by atoms with Gasteiger partial charge < -0.3 is 24.4 Å². The molecule has 1 N–H and O–H groups in total. The van der Waals surface area contributed by atoms with Crippen molar-refractivity contribution in [2.45, 2.75) is 45.1 Å². The topological polar surface area (TPSA) is 101 Å². The van der Waals surface area contributed by atoms with Gasteiger partial charge in [-0.1, -0.05) is 25.3 Å². The molecule has 1 aliphatic heterocycles. The minimum atomic E-state index is -0.353. The van der Waals surface area contributed by atoms with E-state index >= 15 is 0 Å². The van der Waals surface area contributed by atoms with Crippen molar-refractivity contribution in [1.29, 1.82) is 5.26 Å². The summed E-state index contributed by atoms with van der Waals surface area (Å²) in [5.74, 6) is 0.441. The smallest absolute Gasteiger partial charge is 0.262 e. The van der Waals surface area contributed by atoms with Crippen LogP contribution in [-0.4, -0.2) is 62.3 Å². The lowest BCUT2D eigenvalue weighted by molar-refractivity contribution is -0.137. The van der Waals surface area contributed by atoms with Crippen molar-refractivity contribution < 1.29 is 23.8 Å². The van der Waals surface area contributed by atoms with Gasteiger partial charge in [-0.05, 0) is 43.5 Å². The molecule has 1 saturated heterocycles. The first-order valence-corrected chi connectivity index (χ1v) is 11.3. The lowest BCUT2D eigenvalue weighted by atomic mass is 9.95. The van der Waals surface area contributed by atoms with Crippen molar-refractivity contribution >= 4 is 17.9 Å². The normalized spacial score (nSPS) is 17.4. The van der Waals surface area contributed by atoms with Gasteiger partial charge >= 0.3 is 0 Å². The molecule has 8 heteroatoms. The van der Waals surface area contributed by atoms with Crippen LogP contribution in [0, 0.1) is 11.3 Å². The number of benzene rings is 1. The summed E-state index contributed by atoms with van der Waals surface area (Å²) in [5, 5.41) is 12.5. The summed E-state index contributed by atoms with van der Waals surface area (Å²) >= 11 is 0. The van der Waals surface area contributed by atoms with E-state index in [2.05, 4.69) is 5.32 Å². The van der Waals surface area contributed by atoms with Crippen molar-refractivity contribution in [2.75, 3.05) is 39.5 Å². The lowest BCUT2D eigenvalue weighted by Gasteiger charge is -2.26. The molecule has 3 rings (SSSR count). The summed E-state index contributed by atoms with van der Waals surface area (Å²) in [6.45, 7) is 4.35.